The molecule has 26 heavy (non-hydrogen) atoms. The Morgan fingerprint density at radius 3 is 2.50 bits per heavy atom. The highest BCUT2D eigenvalue weighted by molar-refractivity contribution is 7.92. The van der Waals surface area contributed by atoms with E-state index in [0.717, 1.165) is 28.7 Å². The molecule has 0 fully saturated rings. The van der Waals surface area contributed by atoms with Gasteiger partial charge in [-0.25, -0.2) is 13.4 Å². The molecule has 0 aliphatic rings. The van der Waals surface area contributed by atoms with E-state index in [9.17, 15) is 26.4 Å². The number of ether oxygens (including phenoxy) is 1. The highest BCUT2D eigenvalue weighted by Crippen LogP contribution is 2.25. The summed E-state index contributed by atoms with van der Waals surface area (Å²) in [6.45, 7) is 1.38. The van der Waals surface area contributed by atoms with Gasteiger partial charge >= 0.3 is 6.36 Å². The Balaban J connectivity index is 1.94. The molecule has 7 nitrogen and oxygen atoms in total. The topological polar surface area (TPSA) is 89.8 Å². The number of aryl methyl sites for hydroxylation is 1. The van der Waals surface area contributed by atoms with E-state index in [1.54, 1.807) is 5.38 Å². The van der Waals surface area contributed by atoms with Gasteiger partial charge in [0.2, 0.25) is 0 Å². The highest BCUT2D eigenvalue weighted by atomic mass is 32.2. The molecule has 0 spiro atoms. The number of fused-ring (bicyclic) bond motifs is 1. The molecule has 2 heterocycles. The zero-order chi connectivity index (χ0) is 19.1. The maximum Gasteiger partial charge on any atom is 0.573 e. The summed E-state index contributed by atoms with van der Waals surface area (Å²) in [7, 11) is -4.30. The van der Waals surface area contributed by atoms with Crippen LogP contribution in [0.25, 0.3) is 4.96 Å². The molecule has 0 saturated carbocycles. The van der Waals surface area contributed by atoms with Crippen molar-refractivity contribution >= 4 is 32.0 Å². The number of nitrogens with one attached hydrogen (secondary N) is 1. The quantitative estimate of drug-likeness (QED) is 0.721. The molecule has 0 aliphatic heterocycles. The normalized spacial score (nSPS) is 12.3. The Kier molecular flexibility index (Phi) is 4.40. The van der Waals surface area contributed by atoms with E-state index in [1.807, 2.05) is 0 Å². The number of rotatable bonds is 4. The molecule has 0 atom stereocenters. The van der Waals surface area contributed by atoms with Crippen molar-refractivity contribution in [3.63, 3.8) is 0 Å². The Bertz CT molecular complexity index is 1120. The van der Waals surface area contributed by atoms with Gasteiger partial charge in [-0.15, -0.1) is 24.5 Å². The molecule has 0 aliphatic carbocycles. The van der Waals surface area contributed by atoms with Crippen LogP contribution in [-0.4, -0.2) is 24.2 Å². The molecular formula is C14H10F3N3O4S2. The van der Waals surface area contributed by atoms with Gasteiger partial charge in [-0.3, -0.25) is 13.9 Å². The van der Waals surface area contributed by atoms with E-state index in [2.05, 4.69) is 14.4 Å². The van der Waals surface area contributed by atoms with Crippen LogP contribution in [-0.2, 0) is 10.0 Å². The van der Waals surface area contributed by atoms with E-state index in [4.69, 9.17) is 0 Å². The van der Waals surface area contributed by atoms with Gasteiger partial charge in [0, 0.05) is 17.3 Å². The fraction of sp³-hybridized carbons (Fsp3) is 0.143. The van der Waals surface area contributed by atoms with Crippen LogP contribution in [0.1, 0.15) is 5.69 Å². The molecule has 0 saturated heterocycles. The Labute approximate surface area is 148 Å². The van der Waals surface area contributed by atoms with Crippen LogP contribution in [0, 0.1) is 6.92 Å². The predicted molar refractivity (Wildman–Crippen MR) is 88.0 cm³/mol. The highest BCUT2D eigenvalue weighted by Gasteiger charge is 2.31. The third kappa shape index (κ3) is 3.65. The summed E-state index contributed by atoms with van der Waals surface area (Å²) < 4.78 is 68.5. The van der Waals surface area contributed by atoms with Crippen LogP contribution in [0.2, 0.25) is 0 Å². The first-order valence-electron chi connectivity index (χ1n) is 6.92. The molecule has 138 valence electrons. The number of aromatic nitrogens is 2. The predicted octanol–water partition coefficient (Wildman–Crippen LogP) is 2.76. The summed E-state index contributed by atoms with van der Waals surface area (Å²) in [5.74, 6) is -0.502. The van der Waals surface area contributed by atoms with Gasteiger partial charge in [0.1, 0.15) is 5.75 Å². The average molecular weight is 405 g/mol. The first-order valence-corrected chi connectivity index (χ1v) is 9.28. The van der Waals surface area contributed by atoms with Gasteiger partial charge in [-0.05, 0) is 31.2 Å². The molecule has 3 rings (SSSR count). The number of anilines is 1. The summed E-state index contributed by atoms with van der Waals surface area (Å²) in [6.07, 6.45) is -3.45. The lowest BCUT2D eigenvalue weighted by Gasteiger charge is -2.11. The fourth-order valence-corrected chi connectivity index (χ4v) is 4.27. The molecule has 0 bridgehead atoms. The van der Waals surface area contributed by atoms with E-state index in [0.29, 0.717) is 4.96 Å². The van der Waals surface area contributed by atoms with Gasteiger partial charge in [-0.1, -0.05) is 0 Å². The minimum absolute atomic E-state index is 0.0157. The Hall–Kier alpha value is -2.60. The monoisotopic (exact) mass is 405 g/mol. The molecule has 12 heteroatoms. The Morgan fingerprint density at radius 1 is 1.23 bits per heavy atom. The van der Waals surface area contributed by atoms with Crippen molar-refractivity contribution in [1.29, 1.82) is 0 Å². The minimum atomic E-state index is -4.85. The van der Waals surface area contributed by atoms with Gasteiger partial charge in [0.05, 0.1) is 5.69 Å². The first-order chi connectivity index (χ1) is 12.1. The second kappa shape index (κ2) is 6.29. The lowest BCUT2D eigenvalue weighted by molar-refractivity contribution is -0.274. The van der Waals surface area contributed by atoms with E-state index >= 15 is 0 Å². The van der Waals surface area contributed by atoms with Crippen LogP contribution in [0.3, 0.4) is 0 Å². The number of sulfonamides is 1. The van der Waals surface area contributed by atoms with Crippen molar-refractivity contribution in [2.24, 2.45) is 0 Å². The van der Waals surface area contributed by atoms with E-state index in [1.165, 1.54) is 24.5 Å². The molecule has 1 aromatic carbocycles. The number of thiazole rings is 1. The van der Waals surface area contributed by atoms with Gasteiger partial charge in [0.25, 0.3) is 15.6 Å². The third-order valence-electron chi connectivity index (χ3n) is 3.20. The van der Waals surface area contributed by atoms with Gasteiger partial charge in [-0.2, -0.15) is 0 Å². The van der Waals surface area contributed by atoms with Crippen molar-refractivity contribution in [3.8, 4) is 5.75 Å². The van der Waals surface area contributed by atoms with Gasteiger partial charge in [0.15, 0.2) is 9.86 Å². The zero-order valence-corrected chi connectivity index (χ0v) is 14.6. The van der Waals surface area contributed by atoms with Crippen LogP contribution in [0.15, 0.2) is 45.5 Å². The molecule has 0 unspecified atom stereocenters. The minimum Gasteiger partial charge on any atom is -0.406 e. The second-order valence-electron chi connectivity index (χ2n) is 5.06. The molecule has 1 N–H and O–H groups in total. The van der Waals surface area contributed by atoms with Crippen molar-refractivity contribution in [2.75, 3.05) is 4.72 Å². The van der Waals surface area contributed by atoms with Crippen LogP contribution in [0.5, 0.6) is 5.75 Å². The summed E-state index contributed by atoms with van der Waals surface area (Å²) >= 11 is 1.18. The number of alkyl halides is 3. The number of benzene rings is 1. The number of nitrogens with zero attached hydrogens (tertiary/aromatic N) is 2. The van der Waals surface area contributed by atoms with Crippen molar-refractivity contribution in [3.05, 3.63) is 51.9 Å². The maximum absolute atomic E-state index is 12.6. The third-order valence-corrected chi connectivity index (χ3v) is 5.47. The summed E-state index contributed by atoms with van der Waals surface area (Å²) in [4.78, 5) is 16.3. The maximum atomic E-state index is 12.6. The Morgan fingerprint density at radius 2 is 1.88 bits per heavy atom. The number of hydrogen-bond acceptors (Lipinski definition) is 6. The molecule has 2 aromatic heterocycles. The van der Waals surface area contributed by atoms with Crippen LogP contribution >= 0.6 is 11.3 Å². The summed E-state index contributed by atoms with van der Waals surface area (Å²) in [5, 5.41) is 1.59. The first kappa shape index (κ1) is 18.2. The van der Waals surface area contributed by atoms with E-state index < -0.39 is 32.6 Å². The largest absolute Gasteiger partial charge is 0.573 e. The van der Waals surface area contributed by atoms with Gasteiger partial charge < -0.3 is 4.74 Å². The van der Waals surface area contributed by atoms with Crippen molar-refractivity contribution in [2.45, 2.75) is 18.2 Å². The standard InChI is InChI=1S/C14H10F3N3O4S2/c1-8-11(12(21)20-6-7-25-13(20)18-8)26(22,23)19-9-2-4-10(5-3-9)24-14(15,16)17/h2-7,19H,1H3. The molecule has 3 aromatic rings. The fourth-order valence-electron chi connectivity index (χ4n) is 2.21. The number of halogens is 3. The second-order valence-corrected chi connectivity index (χ2v) is 7.56. The SMILES string of the molecule is Cc1nc2sccn2c(=O)c1S(=O)(=O)Nc1ccc(OC(F)(F)F)cc1. The van der Waals surface area contributed by atoms with E-state index in [-0.39, 0.29) is 11.4 Å². The van der Waals surface area contributed by atoms with Crippen LogP contribution in [0.4, 0.5) is 18.9 Å². The molecule has 0 amide bonds. The average Bonchev–Trinajstić information content (AvgIpc) is 2.95. The van der Waals surface area contributed by atoms with Crippen molar-refractivity contribution in [1.82, 2.24) is 9.38 Å². The summed E-state index contributed by atoms with van der Waals surface area (Å²) in [6, 6.07) is 4.07. The molecular weight excluding hydrogens is 395 g/mol. The number of hydrogen-bond donors (Lipinski definition) is 1. The summed E-state index contributed by atoms with van der Waals surface area (Å²) in [5.41, 5.74) is -0.783. The lowest BCUT2D eigenvalue weighted by atomic mass is 10.3. The van der Waals surface area contributed by atoms with Crippen LogP contribution < -0.4 is 15.0 Å². The molecule has 0 radical (unpaired) electrons. The smallest absolute Gasteiger partial charge is 0.406 e. The lowest BCUT2D eigenvalue weighted by Crippen LogP contribution is -2.27. The van der Waals surface area contributed by atoms with Crippen molar-refractivity contribution < 1.29 is 26.3 Å². The zero-order valence-electron chi connectivity index (χ0n) is 12.9.